The van der Waals surface area contributed by atoms with Crippen molar-refractivity contribution in [3.8, 4) is 5.75 Å². The molecule has 0 saturated heterocycles. The van der Waals surface area contributed by atoms with E-state index in [1.807, 2.05) is 18.2 Å². The molecule has 2 aromatic rings. The van der Waals surface area contributed by atoms with Gasteiger partial charge in [0.15, 0.2) is 0 Å². The van der Waals surface area contributed by atoms with E-state index < -0.39 is 0 Å². The molecule has 3 heteroatoms. The van der Waals surface area contributed by atoms with Gasteiger partial charge in [0, 0.05) is 12.1 Å². The summed E-state index contributed by atoms with van der Waals surface area (Å²) in [5.74, 6) is 0.861. The van der Waals surface area contributed by atoms with Gasteiger partial charge in [0.25, 0.3) is 0 Å². The summed E-state index contributed by atoms with van der Waals surface area (Å²) in [7, 11) is 1.67. The Balaban J connectivity index is 2.00. The molecule has 0 atom stereocenters. The highest BCUT2D eigenvalue weighted by molar-refractivity contribution is 7.80. The zero-order chi connectivity index (χ0) is 16.2. The van der Waals surface area contributed by atoms with Crippen LogP contribution in [-0.4, -0.2) is 12.1 Å². The third kappa shape index (κ3) is 4.31. The molecule has 0 heterocycles. The van der Waals surface area contributed by atoms with Gasteiger partial charge in [-0.2, -0.15) is 0 Å². The van der Waals surface area contributed by atoms with E-state index in [9.17, 15) is 0 Å². The first-order valence-corrected chi connectivity index (χ1v) is 7.82. The third-order valence-corrected chi connectivity index (χ3v) is 3.98. The lowest BCUT2D eigenvalue weighted by molar-refractivity contribution is 0.414. The molecular weight excluding hydrogens is 290 g/mol. The highest BCUT2D eigenvalue weighted by atomic mass is 32.1. The Morgan fingerprint density at radius 1 is 1.09 bits per heavy atom. The molecule has 0 saturated carbocycles. The van der Waals surface area contributed by atoms with Crippen LogP contribution in [-0.2, 0) is 12.0 Å². The summed E-state index contributed by atoms with van der Waals surface area (Å²) in [6.45, 7) is 7.32. The third-order valence-electron chi connectivity index (χ3n) is 3.60. The summed E-state index contributed by atoms with van der Waals surface area (Å²) in [4.78, 5) is 0.767. The van der Waals surface area contributed by atoms with Gasteiger partial charge in [0.05, 0.1) is 7.11 Å². The van der Waals surface area contributed by atoms with Gasteiger partial charge in [0.1, 0.15) is 10.7 Å². The minimum Gasteiger partial charge on any atom is -0.497 e. The Kier molecular flexibility index (Phi) is 5.19. The minimum atomic E-state index is 0.161. The monoisotopic (exact) mass is 313 g/mol. The fourth-order valence-corrected chi connectivity index (χ4v) is 2.40. The quantitative estimate of drug-likeness (QED) is 0.842. The predicted octanol–water partition coefficient (Wildman–Crippen LogP) is 4.46. The van der Waals surface area contributed by atoms with Crippen molar-refractivity contribution in [1.82, 2.24) is 5.32 Å². The van der Waals surface area contributed by atoms with Gasteiger partial charge in [-0.25, -0.2) is 0 Å². The van der Waals surface area contributed by atoms with E-state index >= 15 is 0 Å². The van der Waals surface area contributed by atoms with Crippen LogP contribution in [0.25, 0.3) is 0 Å². The van der Waals surface area contributed by atoms with Gasteiger partial charge < -0.3 is 10.1 Å². The van der Waals surface area contributed by atoms with Crippen LogP contribution in [0.1, 0.15) is 37.5 Å². The largest absolute Gasteiger partial charge is 0.497 e. The fraction of sp³-hybridized carbons (Fsp3) is 0.316. The summed E-state index contributed by atoms with van der Waals surface area (Å²) < 4.78 is 5.23. The SMILES string of the molecule is COc1cccc(CNC(=S)c2ccc(C(C)(C)C)cc2)c1. The zero-order valence-electron chi connectivity index (χ0n) is 13.6. The Hall–Kier alpha value is -1.87. The second-order valence-electron chi connectivity index (χ2n) is 6.36. The molecule has 0 aliphatic heterocycles. The molecule has 1 N–H and O–H groups in total. The summed E-state index contributed by atoms with van der Waals surface area (Å²) in [6, 6.07) is 16.5. The van der Waals surface area contributed by atoms with Crippen molar-refractivity contribution in [3.63, 3.8) is 0 Å². The first kappa shape index (κ1) is 16.5. The summed E-state index contributed by atoms with van der Waals surface area (Å²) in [6.07, 6.45) is 0. The predicted molar refractivity (Wildman–Crippen MR) is 96.7 cm³/mol. The lowest BCUT2D eigenvalue weighted by Crippen LogP contribution is -2.22. The molecule has 0 aliphatic carbocycles. The molecular formula is C19H23NOS. The maximum atomic E-state index is 5.48. The van der Waals surface area contributed by atoms with E-state index in [-0.39, 0.29) is 5.41 Å². The van der Waals surface area contributed by atoms with Gasteiger partial charge in [-0.05, 0) is 28.7 Å². The second kappa shape index (κ2) is 6.93. The number of ether oxygens (including phenoxy) is 1. The summed E-state index contributed by atoms with van der Waals surface area (Å²) >= 11 is 5.48. The van der Waals surface area contributed by atoms with Crippen LogP contribution >= 0.6 is 12.2 Å². The zero-order valence-corrected chi connectivity index (χ0v) is 14.5. The van der Waals surface area contributed by atoms with E-state index in [1.54, 1.807) is 7.11 Å². The molecule has 22 heavy (non-hydrogen) atoms. The van der Waals surface area contributed by atoms with E-state index in [2.05, 4.69) is 56.4 Å². The van der Waals surface area contributed by atoms with E-state index in [0.29, 0.717) is 6.54 Å². The Morgan fingerprint density at radius 2 is 1.77 bits per heavy atom. The average Bonchev–Trinajstić information content (AvgIpc) is 2.52. The van der Waals surface area contributed by atoms with Crippen molar-refractivity contribution in [3.05, 3.63) is 65.2 Å². The first-order valence-electron chi connectivity index (χ1n) is 7.42. The molecule has 0 bridgehead atoms. The maximum Gasteiger partial charge on any atom is 0.119 e. The molecule has 2 aromatic carbocycles. The van der Waals surface area contributed by atoms with Gasteiger partial charge in [0.2, 0.25) is 0 Å². The molecule has 0 radical (unpaired) electrons. The number of benzene rings is 2. The van der Waals surface area contributed by atoms with Crippen LogP contribution in [0.5, 0.6) is 5.75 Å². The summed E-state index contributed by atoms with van der Waals surface area (Å²) in [5, 5.41) is 3.30. The van der Waals surface area contributed by atoms with Gasteiger partial charge in [-0.15, -0.1) is 0 Å². The van der Waals surface area contributed by atoms with Crippen molar-refractivity contribution in [2.75, 3.05) is 7.11 Å². The van der Waals surface area contributed by atoms with Crippen LogP contribution in [0.2, 0.25) is 0 Å². The lowest BCUT2D eigenvalue weighted by atomic mass is 9.87. The molecule has 2 nitrogen and oxygen atoms in total. The molecule has 0 spiro atoms. The number of thiocarbonyl (C=S) groups is 1. The highest BCUT2D eigenvalue weighted by Gasteiger charge is 2.13. The normalized spacial score (nSPS) is 11.1. The second-order valence-corrected chi connectivity index (χ2v) is 6.77. The molecule has 0 aliphatic rings. The molecule has 0 aromatic heterocycles. The first-order chi connectivity index (χ1) is 10.4. The standard InChI is InChI=1S/C19H23NOS/c1-19(2,3)16-10-8-15(9-11-16)18(22)20-13-14-6-5-7-17(12-14)21-4/h5-12H,13H2,1-4H3,(H,20,22). The number of hydrogen-bond acceptors (Lipinski definition) is 2. The van der Waals surface area contributed by atoms with E-state index in [1.165, 1.54) is 5.56 Å². The van der Waals surface area contributed by atoms with E-state index in [4.69, 9.17) is 17.0 Å². The Bertz CT molecular complexity index is 641. The molecule has 0 amide bonds. The van der Waals surface area contributed by atoms with Crippen LogP contribution in [0.3, 0.4) is 0 Å². The molecule has 2 rings (SSSR count). The van der Waals surface area contributed by atoms with Crippen LogP contribution < -0.4 is 10.1 Å². The van der Waals surface area contributed by atoms with Gasteiger partial charge in [-0.1, -0.05) is 69.4 Å². The van der Waals surface area contributed by atoms with Crippen molar-refractivity contribution >= 4 is 17.2 Å². The average molecular weight is 313 g/mol. The van der Waals surface area contributed by atoms with Crippen molar-refractivity contribution in [2.45, 2.75) is 32.7 Å². The van der Waals surface area contributed by atoms with Crippen LogP contribution in [0.4, 0.5) is 0 Å². The van der Waals surface area contributed by atoms with Gasteiger partial charge >= 0.3 is 0 Å². The number of methoxy groups -OCH3 is 1. The topological polar surface area (TPSA) is 21.3 Å². The fourth-order valence-electron chi connectivity index (χ4n) is 2.19. The molecule has 0 fully saturated rings. The number of hydrogen-bond donors (Lipinski definition) is 1. The smallest absolute Gasteiger partial charge is 0.119 e. The number of nitrogens with one attached hydrogen (secondary N) is 1. The Morgan fingerprint density at radius 3 is 2.36 bits per heavy atom. The van der Waals surface area contributed by atoms with E-state index in [0.717, 1.165) is 21.9 Å². The lowest BCUT2D eigenvalue weighted by Gasteiger charge is -2.19. The van der Waals surface area contributed by atoms with Crippen molar-refractivity contribution in [1.29, 1.82) is 0 Å². The molecule has 0 unspecified atom stereocenters. The minimum absolute atomic E-state index is 0.161. The maximum absolute atomic E-state index is 5.48. The van der Waals surface area contributed by atoms with Crippen molar-refractivity contribution < 1.29 is 4.74 Å². The Labute approximate surface area is 138 Å². The van der Waals surface area contributed by atoms with Crippen molar-refractivity contribution in [2.24, 2.45) is 0 Å². The van der Waals surface area contributed by atoms with Crippen LogP contribution in [0.15, 0.2) is 48.5 Å². The van der Waals surface area contributed by atoms with Gasteiger partial charge in [-0.3, -0.25) is 0 Å². The molecule has 116 valence electrons. The summed E-state index contributed by atoms with van der Waals surface area (Å²) in [5.41, 5.74) is 3.67. The number of rotatable bonds is 4. The van der Waals surface area contributed by atoms with Crippen LogP contribution in [0, 0.1) is 0 Å². The highest BCUT2D eigenvalue weighted by Crippen LogP contribution is 2.22.